The molecule has 90 valence electrons. The molecular weight excluding hydrogens is 218 g/mol. The number of rotatable bonds is 5. The van der Waals surface area contributed by atoms with Crippen LogP contribution in [0.25, 0.3) is 0 Å². The molecule has 1 aromatic rings. The molecule has 4 heteroatoms. The van der Waals surface area contributed by atoms with Crippen LogP contribution < -0.4 is 4.90 Å². The van der Waals surface area contributed by atoms with Crippen molar-refractivity contribution in [2.45, 2.75) is 6.10 Å². The third-order valence-corrected chi connectivity index (χ3v) is 2.48. The molecule has 1 aromatic carbocycles. The van der Waals surface area contributed by atoms with E-state index in [2.05, 4.69) is 6.58 Å². The average molecular weight is 233 g/mol. The SMILES string of the molecule is C=CCOCC1CN(c2ccccc2)C(=O)O1. The number of anilines is 1. The molecular formula is C13H15NO3. The van der Waals surface area contributed by atoms with E-state index in [1.807, 2.05) is 30.3 Å². The van der Waals surface area contributed by atoms with Gasteiger partial charge in [-0.05, 0) is 12.1 Å². The van der Waals surface area contributed by atoms with Gasteiger partial charge in [0.15, 0.2) is 0 Å². The number of carbonyl (C=O) groups is 1. The number of hydrogen-bond acceptors (Lipinski definition) is 3. The van der Waals surface area contributed by atoms with Gasteiger partial charge in [0.25, 0.3) is 0 Å². The molecule has 1 fully saturated rings. The molecule has 1 saturated heterocycles. The highest BCUT2D eigenvalue weighted by Gasteiger charge is 2.32. The van der Waals surface area contributed by atoms with Crippen LogP contribution in [0, 0.1) is 0 Å². The van der Waals surface area contributed by atoms with Gasteiger partial charge in [-0.15, -0.1) is 6.58 Å². The first-order valence-corrected chi connectivity index (χ1v) is 5.53. The van der Waals surface area contributed by atoms with Crippen molar-refractivity contribution in [1.82, 2.24) is 0 Å². The van der Waals surface area contributed by atoms with Crippen molar-refractivity contribution in [3.05, 3.63) is 43.0 Å². The Labute approximate surface area is 100 Å². The van der Waals surface area contributed by atoms with Gasteiger partial charge in [0, 0.05) is 5.69 Å². The maximum atomic E-state index is 11.6. The second-order valence-electron chi connectivity index (χ2n) is 3.78. The highest BCUT2D eigenvalue weighted by atomic mass is 16.6. The fraction of sp³-hybridized carbons (Fsp3) is 0.308. The second kappa shape index (κ2) is 5.50. The summed E-state index contributed by atoms with van der Waals surface area (Å²) in [5.74, 6) is 0. The number of ether oxygens (including phenoxy) is 2. The number of nitrogens with zero attached hydrogens (tertiary/aromatic N) is 1. The predicted octanol–water partition coefficient (Wildman–Crippen LogP) is 2.21. The van der Waals surface area contributed by atoms with E-state index < -0.39 is 0 Å². The Morgan fingerprint density at radius 3 is 2.94 bits per heavy atom. The van der Waals surface area contributed by atoms with Gasteiger partial charge in [-0.1, -0.05) is 24.3 Å². The van der Waals surface area contributed by atoms with Gasteiger partial charge in [-0.25, -0.2) is 4.79 Å². The summed E-state index contributed by atoms with van der Waals surface area (Å²) in [4.78, 5) is 13.3. The first kappa shape index (κ1) is 11.7. The van der Waals surface area contributed by atoms with Gasteiger partial charge in [0.2, 0.25) is 0 Å². The van der Waals surface area contributed by atoms with Gasteiger partial charge >= 0.3 is 6.09 Å². The van der Waals surface area contributed by atoms with Crippen LogP contribution in [0.5, 0.6) is 0 Å². The summed E-state index contributed by atoms with van der Waals surface area (Å²) >= 11 is 0. The second-order valence-corrected chi connectivity index (χ2v) is 3.78. The van der Waals surface area contributed by atoms with Crippen molar-refractivity contribution >= 4 is 11.8 Å². The zero-order valence-corrected chi connectivity index (χ0v) is 9.54. The molecule has 17 heavy (non-hydrogen) atoms. The first-order valence-electron chi connectivity index (χ1n) is 5.53. The molecule has 1 heterocycles. The average Bonchev–Trinajstić information content (AvgIpc) is 2.72. The third kappa shape index (κ3) is 2.85. The van der Waals surface area contributed by atoms with Crippen LogP contribution in [-0.4, -0.2) is 32.0 Å². The Morgan fingerprint density at radius 2 is 2.24 bits per heavy atom. The van der Waals surface area contributed by atoms with Crippen molar-refractivity contribution in [1.29, 1.82) is 0 Å². The summed E-state index contributed by atoms with van der Waals surface area (Å²) in [5.41, 5.74) is 0.851. The van der Waals surface area contributed by atoms with Crippen LogP contribution in [0.4, 0.5) is 10.5 Å². The highest BCUT2D eigenvalue weighted by Crippen LogP contribution is 2.20. The fourth-order valence-corrected chi connectivity index (χ4v) is 1.71. The minimum absolute atomic E-state index is 0.206. The lowest BCUT2D eigenvalue weighted by atomic mass is 10.3. The standard InChI is InChI=1S/C13H15NO3/c1-2-8-16-10-12-9-14(13(15)17-12)11-6-4-3-5-7-11/h2-7,12H,1,8-10H2. The maximum Gasteiger partial charge on any atom is 0.414 e. The summed E-state index contributed by atoms with van der Waals surface area (Å²) in [5, 5.41) is 0. The molecule has 0 spiro atoms. The summed E-state index contributed by atoms with van der Waals surface area (Å²) in [6.45, 7) is 4.96. The van der Waals surface area contributed by atoms with Crippen molar-refractivity contribution in [3.63, 3.8) is 0 Å². The van der Waals surface area contributed by atoms with Gasteiger partial charge < -0.3 is 9.47 Å². The van der Waals surface area contributed by atoms with E-state index in [0.29, 0.717) is 19.8 Å². The van der Waals surface area contributed by atoms with E-state index in [1.54, 1.807) is 11.0 Å². The van der Waals surface area contributed by atoms with Crippen LogP contribution >= 0.6 is 0 Å². The van der Waals surface area contributed by atoms with Crippen LogP contribution in [0.1, 0.15) is 0 Å². The molecule has 0 bridgehead atoms. The quantitative estimate of drug-likeness (QED) is 0.578. The zero-order valence-electron chi connectivity index (χ0n) is 9.54. The third-order valence-electron chi connectivity index (χ3n) is 2.48. The number of benzene rings is 1. The monoisotopic (exact) mass is 233 g/mol. The Hall–Kier alpha value is -1.81. The fourth-order valence-electron chi connectivity index (χ4n) is 1.71. The van der Waals surface area contributed by atoms with E-state index in [-0.39, 0.29) is 12.2 Å². The number of carbonyl (C=O) groups excluding carboxylic acids is 1. The van der Waals surface area contributed by atoms with Crippen LogP contribution in [-0.2, 0) is 9.47 Å². The molecule has 2 rings (SSSR count). The number of amides is 1. The molecule has 0 aromatic heterocycles. The highest BCUT2D eigenvalue weighted by molar-refractivity contribution is 5.89. The summed E-state index contributed by atoms with van der Waals surface area (Å²) in [7, 11) is 0. The molecule has 1 atom stereocenters. The van der Waals surface area contributed by atoms with Crippen molar-refractivity contribution in [3.8, 4) is 0 Å². The van der Waals surface area contributed by atoms with E-state index in [0.717, 1.165) is 5.69 Å². The first-order chi connectivity index (χ1) is 8.31. The minimum atomic E-state index is -0.316. The zero-order chi connectivity index (χ0) is 12.1. The van der Waals surface area contributed by atoms with Crippen molar-refractivity contribution < 1.29 is 14.3 Å². The Morgan fingerprint density at radius 1 is 1.47 bits per heavy atom. The van der Waals surface area contributed by atoms with Crippen LogP contribution in [0.2, 0.25) is 0 Å². The van der Waals surface area contributed by atoms with Crippen LogP contribution in [0.3, 0.4) is 0 Å². The molecule has 1 aliphatic heterocycles. The lowest BCUT2D eigenvalue weighted by molar-refractivity contribution is 0.0580. The summed E-state index contributed by atoms with van der Waals surface area (Å²) < 4.78 is 10.5. The molecule has 4 nitrogen and oxygen atoms in total. The van der Waals surface area contributed by atoms with Gasteiger partial charge in [-0.3, -0.25) is 4.90 Å². The normalized spacial score (nSPS) is 19.2. The molecule has 1 amide bonds. The minimum Gasteiger partial charge on any atom is -0.441 e. The Balaban J connectivity index is 1.94. The molecule has 1 aliphatic rings. The molecule has 0 aliphatic carbocycles. The lowest BCUT2D eigenvalue weighted by Crippen LogP contribution is -2.25. The summed E-state index contributed by atoms with van der Waals surface area (Å²) in [6, 6.07) is 9.46. The van der Waals surface area contributed by atoms with Gasteiger partial charge in [0.05, 0.1) is 19.8 Å². The Bertz CT molecular complexity index is 391. The number of cyclic esters (lactones) is 1. The molecule has 0 saturated carbocycles. The molecule has 0 N–H and O–H groups in total. The number of para-hydroxylation sites is 1. The molecule has 1 unspecified atom stereocenters. The van der Waals surface area contributed by atoms with Gasteiger partial charge in [-0.2, -0.15) is 0 Å². The Kier molecular flexibility index (Phi) is 3.77. The van der Waals surface area contributed by atoms with Gasteiger partial charge in [0.1, 0.15) is 6.10 Å². The predicted molar refractivity (Wildman–Crippen MR) is 65.1 cm³/mol. The maximum absolute atomic E-state index is 11.6. The smallest absolute Gasteiger partial charge is 0.414 e. The summed E-state index contributed by atoms with van der Waals surface area (Å²) in [6.07, 6.45) is 1.15. The van der Waals surface area contributed by atoms with E-state index in [4.69, 9.17) is 9.47 Å². The van der Waals surface area contributed by atoms with E-state index >= 15 is 0 Å². The van der Waals surface area contributed by atoms with E-state index in [9.17, 15) is 4.79 Å². The van der Waals surface area contributed by atoms with Crippen LogP contribution in [0.15, 0.2) is 43.0 Å². The largest absolute Gasteiger partial charge is 0.441 e. The number of hydrogen-bond donors (Lipinski definition) is 0. The molecule has 0 radical (unpaired) electrons. The van der Waals surface area contributed by atoms with Crippen molar-refractivity contribution in [2.24, 2.45) is 0 Å². The topological polar surface area (TPSA) is 38.8 Å². The lowest BCUT2D eigenvalue weighted by Gasteiger charge is -2.12. The van der Waals surface area contributed by atoms with E-state index in [1.165, 1.54) is 0 Å². The van der Waals surface area contributed by atoms with Crippen molar-refractivity contribution in [2.75, 3.05) is 24.7 Å².